The van der Waals surface area contributed by atoms with Crippen LogP contribution in [-0.2, 0) is 27.3 Å². The van der Waals surface area contributed by atoms with Crippen LogP contribution in [0, 0.1) is 13.8 Å². The molecule has 120 valence electrons. The van der Waals surface area contributed by atoms with Crippen molar-refractivity contribution >= 4 is 10.1 Å². The highest BCUT2D eigenvalue weighted by atomic mass is 32.2. The molecule has 22 heavy (non-hydrogen) atoms. The van der Waals surface area contributed by atoms with E-state index in [9.17, 15) is 8.42 Å². The van der Waals surface area contributed by atoms with Gasteiger partial charge in [0.25, 0.3) is 10.1 Å². The molecule has 1 atom stereocenters. The van der Waals surface area contributed by atoms with Crippen LogP contribution in [0.5, 0.6) is 0 Å². The number of imidazole rings is 1. The second kappa shape index (κ2) is 7.07. The van der Waals surface area contributed by atoms with Gasteiger partial charge in [0.1, 0.15) is 0 Å². The van der Waals surface area contributed by atoms with E-state index < -0.39 is 16.2 Å². The highest BCUT2D eigenvalue weighted by molar-refractivity contribution is 7.86. The topological polar surface area (TPSA) is 61.2 Å². The molecule has 1 heterocycles. The standard InChI is InChI=1S/C16H22N2O3S/c1-13-4-5-15(14(2)10-13)6-7-16(21-22(3,19)20)11-18-9-8-17-12-18/h4-5,8-10,12,16H,6-7,11H2,1-3H3. The second-order valence-corrected chi connectivity index (χ2v) is 7.25. The second-order valence-electron chi connectivity index (χ2n) is 5.65. The summed E-state index contributed by atoms with van der Waals surface area (Å²) in [4.78, 5) is 3.97. The fraction of sp³-hybridized carbons (Fsp3) is 0.438. The van der Waals surface area contributed by atoms with Gasteiger partial charge in [-0.2, -0.15) is 8.42 Å². The van der Waals surface area contributed by atoms with Crippen LogP contribution >= 0.6 is 0 Å². The number of hydrogen-bond donors (Lipinski definition) is 0. The van der Waals surface area contributed by atoms with Gasteiger partial charge < -0.3 is 4.57 Å². The van der Waals surface area contributed by atoms with E-state index in [1.54, 1.807) is 18.7 Å². The monoisotopic (exact) mass is 322 g/mol. The lowest BCUT2D eigenvalue weighted by Gasteiger charge is -2.17. The Morgan fingerprint density at radius 2 is 2.09 bits per heavy atom. The van der Waals surface area contributed by atoms with Crippen LogP contribution in [0.3, 0.4) is 0 Å². The average Bonchev–Trinajstić information content (AvgIpc) is 2.88. The molecule has 0 saturated heterocycles. The van der Waals surface area contributed by atoms with E-state index in [-0.39, 0.29) is 0 Å². The summed E-state index contributed by atoms with van der Waals surface area (Å²) in [6.07, 6.45) is 7.24. The summed E-state index contributed by atoms with van der Waals surface area (Å²) in [6, 6.07) is 6.31. The van der Waals surface area contributed by atoms with E-state index in [0.717, 1.165) is 12.7 Å². The zero-order valence-electron chi connectivity index (χ0n) is 13.2. The molecule has 0 aliphatic rings. The van der Waals surface area contributed by atoms with E-state index in [0.29, 0.717) is 13.0 Å². The Labute approximate surface area is 132 Å². The number of hydrogen-bond acceptors (Lipinski definition) is 4. The van der Waals surface area contributed by atoms with Crippen LogP contribution in [0.2, 0.25) is 0 Å². The number of aromatic nitrogens is 2. The van der Waals surface area contributed by atoms with E-state index in [2.05, 4.69) is 37.0 Å². The van der Waals surface area contributed by atoms with Crippen LogP contribution in [-0.4, -0.2) is 30.3 Å². The van der Waals surface area contributed by atoms with Gasteiger partial charge in [0, 0.05) is 12.4 Å². The van der Waals surface area contributed by atoms with Crippen LogP contribution in [0.15, 0.2) is 36.9 Å². The van der Waals surface area contributed by atoms with E-state index in [1.165, 1.54) is 16.7 Å². The smallest absolute Gasteiger partial charge is 0.264 e. The van der Waals surface area contributed by atoms with Gasteiger partial charge in [-0.05, 0) is 37.8 Å². The summed E-state index contributed by atoms with van der Waals surface area (Å²) < 4.78 is 29.9. The molecule has 0 fully saturated rings. The lowest BCUT2D eigenvalue weighted by Crippen LogP contribution is -2.23. The summed E-state index contributed by atoms with van der Waals surface area (Å²) in [6.45, 7) is 4.61. The Morgan fingerprint density at radius 1 is 1.32 bits per heavy atom. The summed E-state index contributed by atoms with van der Waals surface area (Å²) in [5, 5.41) is 0. The van der Waals surface area contributed by atoms with Crippen molar-refractivity contribution in [2.75, 3.05) is 6.26 Å². The average molecular weight is 322 g/mol. The van der Waals surface area contributed by atoms with Crippen molar-refractivity contribution in [3.05, 3.63) is 53.6 Å². The molecular weight excluding hydrogens is 300 g/mol. The van der Waals surface area contributed by atoms with Gasteiger partial charge in [0.05, 0.1) is 25.2 Å². The minimum atomic E-state index is -3.48. The van der Waals surface area contributed by atoms with Gasteiger partial charge in [-0.1, -0.05) is 23.8 Å². The van der Waals surface area contributed by atoms with Crippen LogP contribution in [0.1, 0.15) is 23.1 Å². The van der Waals surface area contributed by atoms with Crippen molar-refractivity contribution in [3.63, 3.8) is 0 Å². The molecule has 0 aliphatic heterocycles. The number of rotatable bonds is 7. The Balaban J connectivity index is 2.05. The highest BCUT2D eigenvalue weighted by Gasteiger charge is 2.16. The normalized spacial score (nSPS) is 13.2. The van der Waals surface area contributed by atoms with Crippen molar-refractivity contribution in [3.8, 4) is 0 Å². The zero-order valence-corrected chi connectivity index (χ0v) is 14.0. The van der Waals surface area contributed by atoms with Crippen molar-refractivity contribution in [1.29, 1.82) is 0 Å². The molecule has 6 heteroatoms. The Bertz CT molecular complexity index is 709. The van der Waals surface area contributed by atoms with Crippen molar-refractivity contribution in [1.82, 2.24) is 9.55 Å². The van der Waals surface area contributed by atoms with Gasteiger partial charge in [0.2, 0.25) is 0 Å². The first-order chi connectivity index (χ1) is 10.3. The third-order valence-electron chi connectivity index (χ3n) is 3.52. The lowest BCUT2D eigenvalue weighted by molar-refractivity contribution is 0.179. The maximum absolute atomic E-state index is 11.4. The summed E-state index contributed by atoms with van der Waals surface area (Å²) >= 11 is 0. The molecule has 2 aromatic rings. The van der Waals surface area contributed by atoms with E-state index in [4.69, 9.17) is 4.18 Å². The van der Waals surface area contributed by atoms with Crippen molar-refractivity contribution in [2.24, 2.45) is 0 Å². The molecule has 1 unspecified atom stereocenters. The predicted molar refractivity (Wildman–Crippen MR) is 86.2 cm³/mol. The minimum Gasteiger partial charge on any atom is -0.335 e. The molecule has 0 radical (unpaired) electrons. The third kappa shape index (κ3) is 5.27. The summed E-state index contributed by atoms with van der Waals surface area (Å²) in [5.74, 6) is 0. The Morgan fingerprint density at radius 3 is 2.68 bits per heavy atom. The molecule has 2 rings (SSSR count). The SMILES string of the molecule is Cc1ccc(CCC(Cn2ccnc2)OS(C)(=O)=O)c(C)c1. The van der Waals surface area contributed by atoms with Crippen molar-refractivity contribution in [2.45, 2.75) is 39.3 Å². The molecule has 1 aromatic carbocycles. The van der Waals surface area contributed by atoms with Gasteiger partial charge in [-0.25, -0.2) is 4.98 Å². The van der Waals surface area contributed by atoms with Crippen molar-refractivity contribution < 1.29 is 12.6 Å². The first-order valence-electron chi connectivity index (χ1n) is 7.23. The predicted octanol–water partition coefficient (Wildman–Crippen LogP) is 2.48. The quantitative estimate of drug-likeness (QED) is 0.735. The van der Waals surface area contributed by atoms with Gasteiger partial charge in [-0.3, -0.25) is 4.18 Å². The van der Waals surface area contributed by atoms with Crippen LogP contribution in [0.4, 0.5) is 0 Å². The number of nitrogens with zero attached hydrogens (tertiary/aromatic N) is 2. The van der Waals surface area contributed by atoms with Crippen LogP contribution in [0.25, 0.3) is 0 Å². The molecule has 0 aliphatic carbocycles. The summed E-state index contributed by atoms with van der Waals surface area (Å²) in [7, 11) is -3.48. The fourth-order valence-corrected chi connectivity index (χ4v) is 3.14. The largest absolute Gasteiger partial charge is 0.335 e. The molecule has 0 saturated carbocycles. The fourth-order valence-electron chi connectivity index (χ4n) is 2.49. The minimum absolute atomic E-state index is 0.398. The Hall–Kier alpha value is -1.66. The maximum Gasteiger partial charge on any atom is 0.264 e. The first kappa shape index (κ1) is 16.7. The molecule has 1 aromatic heterocycles. The zero-order chi connectivity index (χ0) is 16.2. The van der Waals surface area contributed by atoms with Crippen LogP contribution < -0.4 is 0 Å². The highest BCUT2D eigenvalue weighted by Crippen LogP contribution is 2.16. The van der Waals surface area contributed by atoms with Gasteiger partial charge in [0.15, 0.2) is 0 Å². The third-order valence-corrected chi connectivity index (χ3v) is 4.14. The van der Waals surface area contributed by atoms with Gasteiger partial charge in [-0.15, -0.1) is 0 Å². The molecule has 0 spiro atoms. The molecular formula is C16H22N2O3S. The molecule has 0 N–H and O–H groups in total. The Kier molecular flexibility index (Phi) is 5.37. The maximum atomic E-state index is 11.4. The molecule has 0 bridgehead atoms. The lowest BCUT2D eigenvalue weighted by atomic mass is 10.00. The molecule has 0 amide bonds. The first-order valence-corrected chi connectivity index (χ1v) is 9.05. The number of aryl methyl sites for hydroxylation is 3. The van der Waals surface area contributed by atoms with E-state index >= 15 is 0 Å². The van der Waals surface area contributed by atoms with E-state index in [1.807, 2.05) is 4.57 Å². The van der Waals surface area contributed by atoms with Gasteiger partial charge >= 0.3 is 0 Å². The number of benzene rings is 1. The summed E-state index contributed by atoms with van der Waals surface area (Å²) in [5.41, 5.74) is 3.67. The molecule has 5 nitrogen and oxygen atoms in total.